The van der Waals surface area contributed by atoms with Crippen molar-refractivity contribution >= 4 is 11.8 Å². The number of thioether (sulfide) groups is 1. The third-order valence-electron chi connectivity index (χ3n) is 2.02. The van der Waals surface area contributed by atoms with Gasteiger partial charge < -0.3 is 10.3 Å². The zero-order valence-electron chi connectivity index (χ0n) is 9.56. The molecule has 0 fully saturated rings. The van der Waals surface area contributed by atoms with E-state index in [2.05, 4.69) is 30.2 Å². The van der Waals surface area contributed by atoms with Gasteiger partial charge in [-0.3, -0.25) is 0 Å². The Morgan fingerprint density at radius 3 is 2.80 bits per heavy atom. The van der Waals surface area contributed by atoms with E-state index in [9.17, 15) is 0 Å². The van der Waals surface area contributed by atoms with E-state index >= 15 is 0 Å². The Morgan fingerprint density at radius 2 is 2.20 bits per heavy atom. The van der Waals surface area contributed by atoms with Crippen LogP contribution < -0.4 is 5.73 Å². The fraction of sp³-hybridized carbons (Fsp3) is 0.800. The molecular formula is C10H19N3OS. The average Bonchev–Trinajstić information content (AvgIpc) is 2.61. The molecule has 0 amide bonds. The van der Waals surface area contributed by atoms with Gasteiger partial charge in [-0.25, -0.2) is 0 Å². The van der Waals surface area contributed by atoms with E-state index in [4.69, 9.17) is 10.3 Å². The first-order valence-corrected chi connectivity index (χ1v) is 6.60. The highest BCUT2D eigenvalue weighted by Crippen LogP contribution is 2.15. The Morgan fingerprint density at radius 1 is 1.47 bits per heavy atom. The summed E-state index contributed by atoms with van der Waals surface area (Å²) in [7, 11) is 0. The van der Waals surface area contributed by atoms with Crippen LogP contribution in [0.3, 0.4) is 0 Å². The highest BCUT2D eigenvalue weighted by molar-refractivity contribution is 7.98. The number of rotatable bonds is 6. The maximum Gasteiger partial charge on any atom is 0.243 e. The number of aromatic nitrogens is 2. The molecule has 0 saturated carbocycles. The molecule has 1 aromatic heterocycles. The van der Waals surface area contributed by atoms with E-state index < -0.39 is 0 Å². The quantitative estimate of drug-likeness (QED) is 0.808. The van der Waals surface area contributed by atoms with Gasteiger partial charge in [0.05, 0.1) is 6.04 Å². The second-order valence-electron chi connectivity index (χ2n) is 4.03. The van der Waals surface area contributed by atoms with Crippen molar-refractivity contribution in [2.24, 2.45) is 11.7 Å². The maximum atomic E-state index is 5.92. The topological polar surface area (TPSA) is 64.9 Å². The molecule has 0 aromatic carbocycles. The maximum absolute atomic E-state index is 5.92. The minimum absolute atomic E-state index is 0.120. The molecule has 0 spiro atoms. The van der Waals surface area contributed by atoms with Crippen molar-refractivity contribution in [3.8, 4) is 0 Å². The number of hydrogen-bond acceptors (Lipinski definition) is 5. The van der Waals surface area contributed by atoms with Crippen molar-refractivity contribution in [2.75, 3.05) is 12.0 Å². The Bertz CT molecular complexity index is 288. The lowest BCUT2D eigenvalue weighted by molar-refractivity contribution is 0.347. The van der Waals surface area contributed by atoms with E-state index in [0.717, 1.165) is 24.4 Å². The van der Waals surface area contributed by atoms with E-state index in [1.54, 1.807) is 11.8 Å². The molecule has 5 heteroatoms. The van der Waals surface area contributed by atoms with Gasteiger partial charge in [0.15, 0.2) is 5.82 Å². The summed E-state index contributed by atoms with van der Waals surface area (Å²) in [5.41, 5.74) is 5.92. The fourth-order valence-electron chi connectivity index (χ4n) is 1.23. The number of hydrogen-bond donors (Lipinski definition) is 1. The summed E-state index contributed by atoms with van der Waals surface area (Å²) >= 11 is 1.77. The first kappa shape index (κ1) is 12.5. The largest absolute Gasteiger partial charge is 0.338 e. The molecule has 0 radical (unpaired) electrons. The lowest BCUT2D eigenvalue weighted by Gasteiger charge is -2.03. The molecule has 2 N–H and O–H groups in total. The second kappa shape index (κ2) is 6.12. The lowest BCUT2D eigenvalue weighted by atomic mass is 10.1. The van der Waals surface area contributed by atoms with Crippen LogP contribution in [0.15, 0.2) is 4.52 Å². The van der Waals surface area contributed by atoms with Crippen molar-refractivity contribution in [3.63, 3.8) is 0 Å². The Labute approximate surface area is 95.0 Å². The zero-order valence-corrected chi connectivity index (χ0v) is 10.4. The van der Waals surface area contributed by atoms with Crippen LogP contribution in [0.25, 0.3) is 0 Å². The van der Waals surface area contributed by atoms with Crippen LogP contribution in [0, 0.1) is 5.92 Å². The number of nitrogens with two attached hydrogens (primary N) is 1. The van der Waals surface area contributed by atoms with Crippen molar-refractivity contribution in [1.29, 1.82) is 0 Å². The predicted molar refractivity (Wildman–Crippen MR) is 62.8 cm³/mol. The summed E-state index contributed by atoms with van der Waals surface area (Å²) in [5.74, 6) is 2.89. The summed E-state index contributed by atoms with van der Waals surface area (Å²) in [4.78, 5) is 4.29. The van der Waals surface area contributed by atoms with Crippen LogP contribution in [0.5, 0.6) is 0 Å². The Balaban J connectivity index is 2.51. The van der Waals surface area contributed by atoms with Crippen LogP contribution in [0.2, 0.25) is 0 Å². The molecule has 1 heterocycles. The summed E-state index contributed by atoms with van der Waals surface area (Å²) in [6.45, 7) is 4.26. The zero-order chi connectivity index (χ0) is 11.3. The third kappa shape index (κ3) is 4.22. The van der Waals surface area contributed by atoms with Crippen molar-refractivity contribution < 1.29 is 4.52 Å². The molecule has 0 saturated heterocycles. The van der Waals surface area contributed by atoms with E-state index in [-0.39, 0.29) is 6.04 Å². The van der Waals surface area contributed by atoms with Gasteiger partial charge in [-0.15, -0.1) is 0 Å². The van der Waals surface area contributed by atoms with E-state index in [1.165, 1.54) is 0 Å². The molecule has 86 valence electrons. The summed E-state index contributed by atoms with van der Waals surface area (Å²) in [6, 6.07) is -0.120. The molecular weight excluding hydrogens is 210 g/mol. The molecule has 0 bridgehead atoms. The van der Waals surface area contributed by atoms with Crippen LogP contribution in [-0.4, -0.2) is 22.1 Å². The summed E-state index contributed by atoms with van der Waals surface area (Å²) < 4.78 is 5.13. The standard InChI is InChI=1S/C10H19N3OS/c1-7(2)6-9-12-10(14-13-9)8(11)4-5-15-3/h7-8H,4-6,11H2,1-3H3/t8-/m0/s1. The minimum atomic E-state index is -0.120. The SMILES string of the molecule is CSCC[C@H](N)c1nc(CC(C)C)no1. The van der Waals surface area contributed by atoms with Crippen molar-refractivity contribution in [3.05, 3.63) is 11.7 Å². The van der Waals surface area contributed by atoms with Crippen molar-refractivity contribution in [2.45, 2.75) is 32.7 Å². The van der Waals surface area contributed by atoms with Crippen molar-refractivity contribution in [1.82, 2.24) is 10.1 Å². The molecule has 0 aliphatic heterocycles. The smallest absolute Gasteiger partial charge is 0.243 e. The van der Waals surface area contributed by atoms with Gasteiger partial charge in [0.25, 0.3) is 0 Å². The van der Waals surface area contributed by atoms with Gasteiger partial charge in [-0.1, -0.05) is 19.0 Å². The average molecular weight is 229 g/mol. The highest BCUT2D eigenvalue weighted by atomic mass is 32.2. The molecule has 0 aliphatic rings. The van der Waals surface area contributed by atoms with Crippen LogP contribution >= 0.6 is 11.8 Å². The molecule has 0 aliphatic carbocycles. The Kier molecular flexibility index (Phi) is 5.11. The van der Waals surface area contributed by atoms with Gasteiger partial charge in [0.2, 0.25) is 5.89 Å². The van der Waals surface area contributed by atoms with E-state index in [0.29, 0.717) is 11.8 Å². The third-order valence-corrected chi connectivity index (χ3v) is 2.67. The van der Waals surface area contributed by atoms with Crippen LogP contribution in [0.1, 0.15) is 38.0 Å². The lowest BCUT2D eigenvalue weighted by Crippen LogP contribution is -2.11. The first-order chi connectivity index (χ1) is 7.13. The molecule has 1 aromatic rings. The normalized spacial score (nSPS) is 13.4. The fourth-order valence-corrected chi connectivity index (χ4v) is 1.72. The van der Waals surface area contributed by atoms with Gasteiger partial charge in [-0.05, 0) is 24.3 Å². The highest BCUT2D eigenvalue weighted by Gasteiger charge is 2.14. The second-order valence-corrected chi connectivity index (χ2v) is 5.02. The molecule has 1 rings (SSSR count). The molecule has 1 atom stereocenters. The first-order valence-electron chi connectivity index (χ1n) is 5.20. The monoisotopic (exact) mass is 229 g/mol. The predicted octanol–water partition coefficient (Wildman–Crippen LogP) is 2.02. The van der Waals surface area contributed by atoms with Gasteiger partial charge in [0.1, 0.15) is 0 Å². The van der Waals surface area contributed by atoms with Crippen LogP contribution in [-0.2, 0) is 6.42 Å². The van der Waals surface area contributed by atoms with Crippen LogP contribution in [0.4, 0.5) is 0 Å². The van der Waals surface area contributed by atoms with Gasteiger partial charge >= 0.3 is 0 Å². The minimum Gasteiger partial charge on any atom is -0.338 e. The molecule has 15 heavy (non-hydrogen) atoms. The molecule has 0 unspecified atom stereocenters. The Hall–Kier alpha value is -0.550. The molecule has 4 nitrogen and oxygen atoms in total. The summed E-state index contributed by atoms with van der Waals surface area (Å²) in [6.07, 6.45) is 3.79. The summed E-state index contributed by atoms with van der Waals surface area (Å²) in [5, 5.41) is 3.91. The van der Waals surface area contributed by atoms with Gasteiger partial charge in [0, 0.05) is 6.42 Å². The number of nitrogens with zero attached hydrogens (tertiary/aromatic N) is 2. The van der Waals surface area contributed by atoms with Gasteiger partial charge in [-0.2, -0.15) is 16.7 Å². The van der Waals surface area contributed by atoms with E-state index in [1.807, 2.05) is 0 Å².